The van der Waals surface area contributed by atoms with Gasteiger partial charge in [0.15, 0.2) is 0 Å². The summed E-state index contributed by atoms with van der Waals surface area (Å²) < 4.78 is 11.4. The van der Waals surface area contributed by atoms with Gasteiger partial charge in [0, 0.05) is 24.3 Å². The molecule has 2 fully saturated rings. The first kappa shape index (κ1) is 23.4. The van der Waals surface area contributed by atoms with Gasteiger partial charge >= 0.3 is 12.2 Å². The fraction of sp³-hybridized carbons (Fsp3) is 0.708. The molecule has 1 saturated heterocycles. The van der Waals surface area contributed by atoms with Gasteiger partial charge in [-0.15, -0.1) is 0 Å². The molecular formula is C24H37N3O4. The summed E-state index contributed by atoms with van der Waals surface area (Å²) >= 11 is 0. The summed E-state index contributed by atoms with van der Waals surface area (Å²) in [6, 6.07) is 3.74. The number of carbonyl (C=O) groups excluding carboxylic acids is 2. The fourth-order valence-corrected chi connectivity index (χ4v) is 4.03. The Morgan fingerprint density at radius 2 is 1.68 bits per heavy atom. The Kier molecular flexibility index (Phi) is 6.82. The number of hydrogen-bond donors (Lipinski definition) is 0. The highest BCUT2D eigenvalue weighted by Gasteiger charge is 2.39. The van der Waals surface area contributed by atoms with Gasteiger partial charge in [-0.1, -0.05) is 6.07 Å². The number of anilines is 1. The van der Waals surface area contributed by atoms with E-state index in [1.54, 1.807) is 16.0 Å². The lowest BCUT2D eigenvalue weighted by molar-refractivity contribution is 0.00954. The van der Waals surface area contributed by atoms with Gasteiger partial charge in [-0.25, -0.2) is 14.6 Å². The van der Waals surface area contributed by atoms with Gasteiger partial charge in [-0.2, -0.15) is 0 Å². The first-order valence-electron chi connectivity index (χ1n) is 11.4. The highest BCUT2D eigenvalue weighted by Crippen LogP contribution is 2.39. The molecule has 3 rings (SSSR count). The van der Waals surface area contributed by atoms with Gasteiger partial charge in [-0.05, 0) is 86.1 Å². The van der Waals surface area contributed by atoms with E-state index in [2.05, 4.69) is 4.98 Å². The van der Waals surface area contributed by atoms with Crippen molar-refractivity contribution in [2.45, 2.75) is 103 Å². The van der Waals surface area contributed by atoms with Crippen molar-refractivity contribution in [2.24, 2.45) is 0 Å². The smallest absolute Gasteiger partial charge is 0.416 e. The zero-order valence-corrected chi connectivity index (χ0v) is 19.8. The predicted molar refractivity (Wildman–Crippen MR) is 120 cm³/mol. The molecule has 1 aliphatic carbocycles. The maximum Gasteiger partial charge on any atom is 0.416 e. The fourth-order valence-electron chi connectivity index (χ4n) is 4.03. The molecule has 31 heavy (non-hydrogen) atoms. The van der Waals surface area contributed by atoms with Crippen molar-refractivity contribution in [3.63, 3.8) is 0 Å². The molecule has 172 valence electrons. The number of likely N-dealkylation sites (tertiary alicyclic amines) is 1. The molecule has 2 heterocycles. The van der Waals surface area contributed by atoms with Crippen LogP contribution in [0.25, 0.3) is 0 Å². The summed E-state index contributed by atoms with van der Waals surface area (Å²) in [5.74, 6) is 0.599. The Bertz CT molecular complexity index is 793. The second-order valence-corrected chi connectivity index (χ2v) is 10.5. The monoisotopic (exact) mass is 431 g/mol. The minimum atomic E-state index is -0.596. The van der Waals surface area contributed by atoms with Crippen LogP contribution in [0, 0.1) is 0 Å². The number of amides is 2. The topological polar surface area (TPSA) is 72.0 Å². The Labute approximate surface area is 186 Å². The van der Waals surface area contributed by atoms with Crippen molar-refractivity contribution in [2.75, 3.05) is 11.4 Å². The highest BCUT2D eigenvalue weighted by atomic mass is 16.6. The molecule has 1 saturated carbocycles. The first-order chi connectivity index (χ1) is 14.5. The quantitative estimate of drug-likeness (QED) is 0.601. The van der Waals surface area contributed by atoms with Crippen LogP contribution in [0.2, 0.25) is 0 Å². The Morgan fingerprint density at radius 1 is 1.00 bits per heavy atom. The number of pyridine rings is 1. The summed E-state index contributed by atoms with van der Waals surface area (Å²) in [6.45, 7) is 11.9. The van der Waals surface area contributed by atoms with E-state index in [4.69, 9.17) is 9.47 Å². The minimum absolute atomic E-state index is 0.0714. The Balaban J connectivity index is 1.96. The van der Waals surface area contributed by atoms with Gasteiger partial charge in [-0.3, -0.25) is 4.90 Å². The molecule has 0 unspecified atom stereocenters. The second-order valence-electron chi connectivity index (χ2n) is 10.5. The summed E-state index contributed by atoms with van der Waals surface area (Å²) in [7, 11) is 0. The number of piperidine rings is 1. The number of ether oxygens (including phenoxy) is 2. The molecule has 7 heteroatoms. The van der Waals surface area contributed by atoms with Crippen molar-refractivity contribution >= 4 is 18.0 Å². The zero-order chi connectivity index (χ0) is 22.8. The summed E-state index contributed by atoms with van der Waals surface area (Å²) in [5, 5.41) is 0. The van der Waals surface area contributed by atoms with E-state index in [9.17, 15) is 9.59 Å². The lowest BCUT2D eigenvalue weighted by atomic mass is 9.90. The van der Waals surface area contributed by atoms with Crippen molar-refractivity contribution in [3.05, 3.63) is 23.9 Å². The maximum absolute atomic E-state index is 13.2. The van der Waals surface area contributed by atoms with E-state index in [0.717, 1.165) is 44.1 Å². The van der Waals surface area contributed by atoms with Gasteiger partial charge in [0.2, 0.25) is 0 Å². The van der Waals surface area contributed by atoms with Gasteiger partial charge in [0.05, 0.1) is 6.04 Å². The van der Waals surface area contributed by atoms with Crippen LogP contribution in [-0.4, -0.2) is 45.9 Å². The number of aromatic nitrogens is 1. The van der Waals surface area contributed by atoms with Crippen LogP contribution >= 0.6 is 0 Å². The minimum Gasteiger partial charge on any atom is -0.444 e. The van der Waals surface area contributed by atoms with E-state index >= 15 is 0 Å². The summed E-state index contributed by atoms with van der Waals surface area (Å²) in [4.78, 5) is 34.3. The van der Waals surface area contributed by atoms with Crippen LogP contribution in [0.5, 0.6) is 0 Å². The molecular weight excluding hydrogens is 394 g/mol. The van der Waals surface area contributed by atoms with Crippen molar-refractivity contribution in [1.82, 2.24) is 9.88 Å². The van der Waals surface area contributed by atoms with E-state index < -0.39 is 11.2 Å². The van der Waals surface area contributed by atoms with Crippen LogP contribution < -0.4 is 4.90 Å². The average Bonchev–Trinajstić information content (AvgIpc) is 2.61. The molecule has 1 aliphatic heterocycles. The average molecular weight is 432 g/mol. The van der Waals surface area contributed by atoms with E-state index in [0.29, 0.717) is 12.4 Å². The molecule has 0 N–H and O–H groups in total. The largest absolute Gasteiger partial charge is 0.444 e. The SMILES string of the molecule is CC(C)(C)OC(=O)N(c1ncccc1[C@H]1CCCCN1C(=O)OC(C)(C)C)C1CCC1. The Morgan fingerprint density at radius 3 is 2.26 bits per heavy atom. The van der Waals surface area contributed by atoms with E-state index in [-0.39, 0.29) is 24.3 Å². The molecule has 0 radical (unpaired) electrons. The normalized spacial score (nSPS) is 20.1. The third kappa shape index (κ3) is 5.89. The van der Waals surface area contributed by atoms with E-state index in [1.165, 1.54) is 0 Å². The number of nitrogens with zero attached hydrogens (tertiary/aromatic N) is 3. The standard InChI is InChI=1S/C24H37N3O4/c1-23(2,3)30-21(28)26-16-8-7-14-19(26)18-13-10-15-25-20(18)27(17-11-9-12-17)22(29)31-24(4,5)6/h10,13,15,17,19H,7-9,11-12,14,16H2,1-6H3/t19-/m1/s1. The third-order valence-electron chi connectivity index (χ3n) is 5.56. The maximum atomic E-state index is 13.2. The highest BCUT2D eigenvalue weighted by molar-refractivity contribution is 5.88. The van der Waals surface area contributed by atoms with Crippen LogP contribution in [0.4, 0.5) is 15.4 Å². The summed E-state index contributed by atoms with van der Waals surface area (Å²) in [6.07, 6.45) is 6.69. The third-order valence-corrected chi connectivity index (χ3v) is 5.56. The van der Waals surface area contributed by atoms with Gasteiger partial charge < -0.3 is 14.4 Å². The molecule has 2 amide bonds. The molecule has 1 aromatic rings. The summed E-state index contributed by atoms with van der Waals surface area (Å²) in [5.41, 5.74) is -0.280. The number of carbonyl (C=O) groups is 2. The van der Waals surface area contributed by atoms with E-state index in [1.807, 2.05) is 53.7 Å². The molecule has 1 atom stereocenters. The lowest BCUT2D eigenvalue weighted by Gasteiger charge is -2.41. The zero-order valence-electron chi connectivity index (χ0n) is 19.8. The van der Waals surface area contributed by atoms with Gasteiger partial charge in [0.1, 0.15) is 17.0 Å². The van der Waals surface area contributed by atoms with Crippen molar-refractivity contribution < 1.29 is 19.1 Å². The van der Waals surface area contributed by atoms with Crippen LogP contribution in [0.1, 0.15) is 91.7 Å². The molecule has 7 nitrogen and oxygen atoms in total. The number of rotatable bonds is 3. The number of hydrogen-bond acceptors (Lipinski definition) is 5. The molecule has 2 aliphatic rings. The molecule has 0 aromatic carbocycles. The van der Waals surface area contributed by atoms with Gasteiger partial charge in [0.25, 0.3) is 0 Å². The van der Waals surface area contributed by atoms with Crippen molar-refractivity contribution in [1.29, 1.82) is 0 Å². The van der Waals surface area contributed by atoms with Crippen LogP contribution in [-0.2, 0) is 9.47 Å². The Hall–Kier alpha value is -2.31. The first-order valence-corrected chi connectivity index (χ1v) is 11.4. The molecule has 0 spiro atoms. The second kappa shape index (κ2) is 9.05. The van der Waals surface area contributed by atoms with Crippen LogP contribution in [0.15, 0.2) is 18.3 Å². The van der Waals surface area contributed by atoms with Crippen LogP contribution in [0.3, 0.4) is 0 Å². The molecule has 1 aromatic heterocycles. The molecule has 0 bridgehead atoms. The predicted octanol–water partition coefficient (Wildman–Crippen LogP) is 5.84. The lowest BCUT2D eigenvalue weighted by Crippen LogP contribution is -2.48. The van der Waals surface area contributed by atoms with Crippen molar-refractivity contribution in [3.8, 4) is 0 Å².